The van der Waals surface area contributed by atoms with E-state index in [1.807, 2.05) is 6.08 Å². The van der Waals surface area contributed by atoms with E-state index in [1.165, 1.54) is 12.8 Å². The first-order valence-corrected chi connectivity index (χ1v) is 6.12. The van der Waals surface area contributed by atoms with Crippen LogP contribution in [-0.2, 0) is 9.47 Å². The lowest BCUT2D eigenvalue weighted by Gasteiger charge is -2.22. The zero-order valence-electron chi connectivity index (χ0n) is 7.47. The average Bonchev–Trinajstić information content (AvgIpc) is 2.14. The third-order valence-electron chi connectivity index (χ3n) is 1.86. The minimum Gasteiger partial charge on any atom is -0.353 e. The highest BCUT2D eigenvalue weighted by Crippen LogP contribution is 2.16. The topological polar surface area (TPSA) is 18.5 Å². The lowest BCUT2D eigenvalue weighted by molar-refractivity contribution is -0.161. The second-order valence-electron chi connectivity index (χ2n) is 2.95. The summed E-state index contributed by atoms with van der Waals surface area (Å²) < 4.78 is 11.9. The zero-order valence-corrected chi connectivity index (χ0v) is 10.6. The smallest absolute Gasteiger partial charge is 0.157 e. The van der Waals surface area contributed by atoms with Crippen LogP contribution >= 0.6 is 31.9 Å². The summed E-state index contributed by atoms with van der Waals surface area (Å²) in [5.74, 6) is 0. The van der Waals surface area contributed by atoms with Gasteiger partial charge in [-0.3, -0.25) is 0 Å². The summed E-state index contributed by atoms with van der Waals surface area (Å²) in [4.78, 5) is 0. The monoisotopic (exact) mass is 312 g/mol. The maximum Gasteiger partial charge on any atom is 0.157 e. The number of ether oxygens (including phenoxy) is 2. The Hall–Kier alpha value is 0.620. The molecule has 76 valence electrons. The number of rotatable bonds is 4. The summed E-state index contributed by atoms with van der Waals surface area (Å²) in [7, 11) is 0. The molecule has 0 bridgehead atoms. The first-order valence-electron chi connectivity index (χ1n) is 4.53. The van der Waals surface area contributed by atoms with E-state index >= 15 is 0 Å². The van der Waals surface area contributed by atoms with E-state index in [9.17, 15) is 0 Å². The second-order valence-corrected chi connectivity index (χ2v) is 5.72. The third kappa shape index (κ3) is 5.83. The summed E-state index contributed by atoms with van der Waals surface area (Å²) >= 11 is 6.58. The first kappa shape index (κ1) is 11.7. The van der Waals surface area contributed by atoms with Gasteiger partial charge in [-0.15, -0.1) is 0 Å². The van der Waals surface area contributed by atoms with Crippen LogP contribution in [0.1, 0.15) is 25.7 Å². The SMILES string of the molecule is BrC(Br)=CCCOC1CCCCO1. The normalized spacial score (nSPS) is 22.8. The predicted molar refractivity (Wildman–Crippen MR) is 60.1 cm³/mol. The highest BCUT2D eigenvalue weighted by atomic mass is 79.9. The summed E-state index contributed by atoms with van der Waals surface area (Å²) in [6.07, 6.45) is 6.42. The van der Waals surface area contributed by atoms with Gasteiger partial charge in [-0.2, -0.15) is 0 Å². The number of hydrogen-bond acceptors (Lipinski definition) is 2. The van der Waals surface area contributed by atoms with Crippen LogP contribution in [0.5, 0.6) is 0 Å². The summed E-state index contributed by atoms with van der Waals surface area (Å²) in [6, 6.07) is 0. The van der Waals surface area contributed by atoms with Crippen molar-refractivity contribution in [1.82, 2.24) is 0 Å². The molecule has 0 aromatic carbocycles. The molecule has 1 aliphatic heterocycles. The first-order chi connectivity index (χ1) is 6.29. The van der Waals surface area contributed by atoms with E-state index in [1.54, 1.807) is 0 Å². The summed E-state index contributed by atoms with van der Waals surface area (Å²) in [5.41, 5.74) is 0. The van der Waals surface area contributed by atoms with Gasteiger partial charge in [-0.05, 0) is 57.5 Å². The van der Waals surface area contributed by atoms with Crippen LogP contribution in [0.3, 0.4) is 0 Å². The lowest BCUT2D eigenvalue weighted by atomic mass is 10.2. The quantitative estimate of drug-likeness (QED) is 0.739. The maximum absolute atomic E-state index is 5.52. The third-order valence-corrected chi connectivity index (χ3v) is 2.51. The molecule has 13 heavy (non-hydrogen) atoms. The van der Waals surface area contributed by atoms with Gasteiger partial charge in [-0.1, -0.05) is 6.08 Å². The molecule has 1 heterocycles. The van der Waals surface area contributed by atoms with Crippen molar-refractivity contribution in [2.75, 3.05) is 13.2 Å². The molecule has 0 aromatic rings. The Morgan fingerprint density at radius 3 is 2.92 bits per heavy atom. The molecule has 0 aromatic heterocycles. The Morgan fingerprint density at radius 1 is 1.46 bits per heavy atom. The molecule has 2 nitrogen and oxygen atoms in total. The highest BCUT2D eigenvalue weighted by Gasteiger charge is 2.12. The van der Waals surface area contributed by atoms with Crippen LogP contribution in [-0.4, -0.2) is 19.5 Å². The van der Waals surface area contributed by atoms with Crippen LogP contribution in [0.25, 0.3) is 0 Å². The summed E-state index contributed by atoms with van der Waals surface area (Å²) in [6.45, 7) is 1.58. The lowest BCUT2D eigenvalue weighted by Crippen LogP contribution is -2.22. The number of halogens is 2. The Kier molecular flexibility index (Phi) is 6.28. The second kappa shape index (κ2) is 6.98. The van der Waals surface area contributed by atoms with E-state index in [0.29, 0.717) is 0 Å². The maximum atomic E-state index is 5.52. The van der Waals surface area contributed by atoms with Gasteiger partial charge in [0.1, 0.15) is 0 Å². The van der Waals surface area contributed by atoms with E-state index in [2.05, 4.69) is 31.9 Å². The Bertz CT molecular complexity index is 161. The molecule has 1 aliphatic rings. The van der Waals surface area contributed by atoms with Crippen molar-refractivity contribution >= 4 is 31.9 Å². The van der Waals surface area contributed by atoms with Gasteiger partial charge in [0, 0.05) is 6.61 Å². The van der Waals surface area contributed by atoms with Crippen molar-refractivity contribution in [2.24, 2.45) is 0 Å². The molecule has 1 rings (SSSR count). The van der Waals surface area contributed by atoms with Crippen LogP contribution in [0.4, 0.5) is 0 Å². The predicted octanol–water partition coefficient (Wildman–Crippen LogP) is 3.55. The van der Waals surface area contributed by atoms with Crippen molar-refractivity contribution < 1.29 is 9.47 Å². The average molecular weight is 314 g/mol. The van der Waals surface area contributed by atoms with E-state index in [0.717, 1.165) is 29.4 Å². The van der Waals surface area contributed by atoms with Gasteiger partial charge in [0.15, 0.2) is 6.29 Å². The van der Waals surface area contributed by atoms with E-state index < -0.39 is 0 Å². The van der Waals surface area contributed by atoms with Gasteiger partial charge >= 0.3 is 0 Å². The molecule has 0 aliphatic carbocycles. The van der Waals surface area contributed by atoms with E-state index in [-0.39, 0.29) is 6.29 Å². The number of hydrogen-bond donors (Lipinski definition) is 0. The summed E-state index contributed by atoms with van der Waals surface area (Å²) in [5, 5.41) is 0. The molecule has 0 saturated carbocycles. The van der Waals surface area contributed by atoms with Gasteiger partial charge in [0.25, 0.3) is 0 Å². The zero-order chi connectivity index (χ0) is 9.52. The fourth-order valence-electron chi connectivity index (χ4n) is 1.21. The van der Waals surface area contributed by atoms with Crippen LogP contribution < -0.4 is 0 Å². The van der Waals surface area contributed by atoms with Gasteiger partial charge < -0.3 is 9.47 Å². The standard InChI is InChI=1S/C9H14Br2O2/c10-8(11)4-3-7-13-9-5-1-2-6-12-9/h4,9H,1-3,5-7H2. The van der Waals surface area contributed by atoms with Crippen LogP contribution in [0.15, 0.2) is 9.47 Å². The Labute approximate surface area is 95.9 Å². The van der Waals surface area contributed by atoms with Crippen molar-refractivity contribution in [1.29, 1.82) is 0 Å². The molecule has 0 N–H and O–H groups in total. The Morgan fingerprint density at radius 2 is 2.31 bits per heavy atom. The van der Waals surface area contributed by atoms with Crippen molar-refractivity contribution in [3.8, 4) is 0 Å². The van der Waals surface area contributed by atoms with Gasteiger partial charge in [-0.25, -0.2) is 0 Å². The molecule has 1 saturated heterocycles. The van der Waals surface area contributed by atoms with Crippen molar-refractivity contribution in [3.05, 3.63) is 9.47 Å². The van der Waals surface area contributed by atoms with Gasteiger partial charge in [0.2, 0.25) is 0 Å². The van der Waals surface area contributed by atoms with Crippen molar-refractivity contribution in [2.45, 2.75) is 32.0 Å². The van der Waals surface area contributed by atoms with Crippen LogP contribution in [0, 0.1) is 0 Å². The highest BCUT2D eigenvalue weighted by molar-refractivity contribution is 9.28. The van der Waals surface area contributed by atoms with E-state index in [4.69, 9.17) is 9.47 Å². The fourth-order valence-corrected chi connectivity index (χ4v) is 1.67. The molecule has 0 radical (unpaired) electrons. The molecule has 1 atom stereocenters. The fraction of sp³-hybridized carbons (Fsp3) is 0.778. The largest absolute Gasteiger partial charge is 0.353 e. The molecular weight excluding hydrogens is 300 g/mol. The molecule has 1 fully saturated rings. The van der Waals surface area contributed by atoms with Gasteiger partial charge in [0.05, 0.1) is 10.00 Å². The molecule has 0 amide bonds. The Balaban J connectivity index is 2.01. The molecular formula is C9H14Br2O2. The molecule has 1 unspecified atom stereocenters. The van der Waals surface area contributed by atoms with Crippen LogP contribution in [0.2, 0.25) is 0 Å². The molecule has 4 heteroatoms. The minimum absolute atomic E-state index is 0.0382. The minimum atomic E-state index is 0.0382. The van der Waals surface area contributed by atoms with Crippen molar-refractivity contribution in [3.63, 3.8) is 0 Å². The molecule has 0 spiro atoms.